The number of rotatable bonds is 4. The van der Waals surface area contributed by atoms with Crippen LogP contribution in [0.3, 0.4) is 0 Å². The maximum absolute atomic E-state index is 12.0. The van der Waals surface area contributed by atoms with Crippen molar-refractivity contribution in [2.75, 3.05) is 5.32 Å². The van der Waals surface area contributed by atoms with Gasteiger partial charge in [0.15, 0.2) is 0 Å². The first-order valence-electron chi connectivity index (χ1n) is 6.39. The lowest BCUT2D eigenvalue weighted by atomic mass is 9.98. The lowest BCUT2D eigenvalue weighted by Gasteiger charge is -2.10. The van der Waals surface area contributed by atoms with E-state index >= 15 is 0 Å². The van der Waals surface area contributed by atoms with Gasteiger partial charge in [0.25, 0.3) is 5.91 Å². The summed E-state index contributed by atoms with van der Waals surface area (Å²) >= 11 is 0. The van der Waals surface area contributed by atoms with E-state index in [-0.39, 0.29) is 11.8 Å². The van der Waals surface area contributed by atoms with E-state index in [9.17, 15) is 4.79 Å². The normalized spacial score (nSPS) is 11.4. The third kappa shape index (κ3) is 3.42. The first-order chi connectivity index (χ1) is 9.70. The maximum atomic E-state index is 12.0. The SMILES string of the molecule is CC(CC#N)c1cccc(NC(=O)c2cccnc2)c1. The number of nitrogens with one attached hydrogen (secondary N) is 1. The number of hydrogen-bond acceptors (Lipinski definition) is 3. The van der Waals surface area contributed by atoms with Gasteiger partial charge in [-0.05, 0) is 35.7 Å². The fourth-order valence-corrected chi connectivity index (χ4v) is 1.88. The van der Waals surface area contributed by atoms with Crippen LogP contribution >= 0.6 is 0 Å². The molecule has 20 heavy (non-hydrogen) atoms. The smallest absolute Gasteiger partial charge is 0.257 e. The van der Waals surface area contributed by atoms with Crippen LogP contribution in [0.2, 0.25) is 0 Å². The van der Waals surface area contributed by atoms with Crippen molar-refractivity contribution in [3.05, 3.63) is 59.9 Å². The molecule has 0 aliphatic heterocycles. The summed E-state index contributed by atoms with van der Waals surface area (Å²) in [6.07, 6.45) is 3.61. The Morgan fingerprint density at radius 3 is 2.95 bits per heavy atom. The van der Waals surface area contributed by atoms with Crippen LogP contribution in [0.15, 0.2) is 48.8 Å². The highest BCUT2D eigenvalue weighted by Crippen LogP contribution is 2.21. The fraction of sp³-hybridized carbons (Fsp3) is 0.188. The molecule has 1 heterocycles. The van der Waals surface area contributed by atoms with Crippen LogP contribution in [0.5, 0.6) is 0 Å². The molecule has 0 bridgehead atoms. The average Bonchev–Trinajstić information content (AvgIpc) is 2.48. The second kappa shape index (κ2) is 6.48. The number of carbonyl (C=O) groups is 1. The van der Waals surface area contributed by atoms with E-state index < -0.39 is 0 Å². The molecule has 0 saturated heterocycles. The molecule has 1 unspecified atom stereocenters. The molecule has 2 rings (SSSR count). The van der Waals surface area contributed by atoms with E-state index in [0.717, 1.165) is 11.3 Å². The minimum atomic E-state index is -0.191. The van der Waals surface area contributed by atoms with Crippen LogP contribution in [0.1, 0.15) is 35.2 Å². The Balaban J connectivity index is 2.13. The number of amides is 1. The first kappa shape index (κ1) is 13.8. The van der Waals surface area contributed by atoms with Gasteiger partial charge in [-0.15, -0.1) is 0 Å². The third-order valence-corrected chi connectivity index (χ3v) is 3.03. The van der Waals surface area contributed by atoms with Crippen molar-refractivity contribution in [1.82, 2.24) is 4.98 Å². The van der Waals surface area contributed by atoms with Gasteiger partial charge < -0.3 is 5.32 Å². The molecule has 1 atom stereocenters. The van der Waals surface area contributed by atoms with Gasteiger partial charge in [-0.1, -0.05) is 19.1 Å². The molecule has 0 fully saturated rings. The highest BCUT2D eigenvalue weighted by Gasteiger charge is 2.08. The molecule has 1 aromatic heterocycles. The average molecular weight is 265 g/mol. The van der Waals surface area contributed by atoms with Gasteiger partial charge in [0, 0.05) is 24.5 Å². The number of hydrogen-bond donors (Lipinski definition) is 1. The number of benzene rings is 1. The number of aromatic nitrogens is 1. The molecule has 4 heteroatoms. The van der Waals surface area contributed by atoms with Crippen molar-refractivity contribution in [1.29, 1.82) is 5.26 Å². The second-order valence-electron chi connectivity index (χ2n) is 4.58. The Morgan fingerprint density at radius 1 is 1.40 bits per heavy atom. The zero-order valence-electron chi connectivity index (χ0n) is 11.2. The Labute approximate surface area is 118 Å². The molecular weight excluding hydrogens is 250 g/mol. The van der Waals surface area contributed by atoms with Crippen molar-refractivity contribution >= 4 is 11.6 Å². The van der Waals surface area contributed by atoms with Crippen molar-refractivity contribution in [3.63, 3.8) is 0 Å². The summed E-state index contributed by atoms with van der Waals surface area (Å²) in [5.41, 5.74) is 2.28. The summed E-state index contributed by atoms with van der Waals surface area (Å²) in [6.45, 7) is 1.99. The molecule has 0 spiro atoms. The van der Waals surface area contributed by atoms with E-state index in [1.54, 1.807) is 18.3 Å². The molecule has 2 aromatic rings. The van der Waals surface area contributed by atoms with Gasteiger partial charge in [-0.2, -0.15) is 5.26 Å². The summed E-state index contributed by atoms with van der Waals surface area (Å²) in [4.78, 5) is 15.9. The van der Waals surface area contributed by atoms with E-state index in [4.69, 9.17) is 5.26 Å². The van der Waals surface area contributed by atoms with Gasteiger partial charge in [-0.3, -0.25) is 9.78 Å². The molecule has 1 N–H and O–H groups in total. The molecule has 0 aliphatic rings. The van der Waals surface area contributed by atoms with Crippen molar-refractivity contribution in [2.24, 2.45) is 0 Å². The quantitative estimate of drug-likeness (QED) is 0.921. The second-order valence-corrected chi connectivity index (χ2v) is 4.58. The molecule has 4 nitrogen and oxygen atoms in total. The zero-order valence-corrected chi connectivity index (χ0v) is 11.2. The molecule has 0 aliphatic carbocycles. The third-order valence-electron chi connectivity index (χ3n) is 3.03. The van der Waals surface area contributed by atoms with Crippen molar-refractivity contribution < 1.29 is 4.79 Å². The molecule has 0 saturated carbocycles. The zero-order chi connectivity index (χ0) is 14.4. The maximum Gasteiger partial charge on any atom is 0.257 e. The van der Waals surface area contributed by atoms with Crippen molar-refractivity contribution in [3.8, 4) is 6.07 Å². The Kier molecular flexibility index (Phi) is 4.46. The topological polar surface area (TPSA) is 65.8 Å². The predicted octanol–water partition coefficient (Wildman–Crippen LogP) is 3.35. The van der Waals surface area contributed by atoms with Gasteiger partial charge in [0.1, 0.15) is 0 Å². The van der Waals surface area contributed by atoms with Gasteiger partial charge in [-0.25, -0.2) is 0 Å². The monoisotopic (exact) mass is 265 g/mol. The highest BCUT2D eigenvalue weighted by molar-refractivity contribution is 6.04. The van der Waals surface area contributed by atoms with Crippen LogP contribution in [-0.4, -0.2) is 10.9 Å². The standard InChI is InChI=1S/C16H15N3O/c1-12(7-8-17)13-4-2-6-15(10-13)19-16(20)14-5-3-9-18-11-14/h2-6,9-12H,7H2,1H3,(H,19,20). The number of anilines is 1. The highest BCUT2D eigenvalue weighted by atomic mass is 16.1. The van der Waals surface area contributed by atoms with Crippen LogP contribution in [-0.2, 0) is 0 Å². The number of nitriles is 1. The molecule has 100 valence electrons. The minimum absolute atomic E-state index is 0.148. The molecule has 0 radical (unpaired) electrons. The largest absolute Gasteiger partial charge is 0.322 e. The lowest BCUT2D eigenvalue weighted by molar-refractivity contribution is 0.102. The summed E-state index contributed by atoms with van der Waals surface area (Å²) in [5, 5.41) is 11.6. The Bertz CT molecular complexity index is 632. The van der Waals surface area contributed by atoms with E-state index in [2.05, 4.69) is 16.4 Å². The predicted molar refractivity (Wildman–Crippen MR) is 77.3 cm³/mol. The van der Waals surface area contributed by atoms with E-state index in [1.165, 1.54) is 6.20 Å². The van der Waals surface area contributed by atoms with Gasteiger partial charge in [0.05, 0.1) is 11.6 Å². The summed E-state index contributed by atoms with van der Waals surface area (Å²) < 4.78 is 0. The summed E-state index contributed by atoms with van der Waals surface area (Å²) in [7, 11) is 0. The van der Waals surface area contributed by atoms with E-state index in [1.807, 2.05) is 31.2 Å². The first-order valence-corrected chi connectivity index (χ1v) is 6.39. The van der Waals surface area contributed by atoms with E-state index in [0.29, 0.717) is 12.0 Å². The Morgan fingerprint density at radius 2 is 2.25 bits per heavy atom. The summed E-state index contributed by atoms with van der Waals surface area (Å²) in [6, 6.07) is 13.2. The fourth-order valence-electron chi connectivity index (χ4n) is 1.88. The summed E-state index contributed by atoms with van der Waals surface area (Å²) in [5.74, 6) is -0.0431. The van der Waals surface area contributed by atoms with Crippen LogP contribution in [0.4, 0.5) is 5.69 Å². The molecule has 1 aromatic carbocycles. The lowest BCUT2D eigenvalue weighted by Crippen LogP contribution is -2.12. The van der Waals surface area contributed by atoms with Crippen LogP contribution in [0.25, 0.3) is 0 Å². The minimum Gasteiger partial charge on any atom is -0.322 e. The molecule has 1 amide bonds. The van der Waals surface area contributed by atoms with Gasteiger partial charge >= 0.3 is 0 Å². The number of nitrogens with zero attached hydrogens (tertiary/aromatic N) is 2. The van der Waals surface area contributed by atoms with Crippen LogP contribution in [0, 0.1) is 11.3 Å². The van der Waals surface area contributed by atoms with Crippen LogP contribution < -0.4 is 5.32 Å². The van der Waals surface area contributed by atoms with Crippen molar-refractivity contribution in [2.45, 2.75) is 19.3 Å². The number of carbonyl (C=O) groups excluding carboxylic acids is 1. The number of pyridine rings is 1. The molecular formula is C16H15N3O. The van der Waals surface area contributed by atoms with Gasteiger partial charge in [0.2, 0.25) is 0 Å². The Hall–Kier alpha value is -2.67.